The van der Waals surface area contributed by atoms with Crippen LogP contribution in [0.25, 0.3) is 0 Å². The standard InChI is InChI=1S/C7H10F3NO/c1-2-3-4-11-5-6-12-7(8,9)10/h1,11H,3-6H2. The van der Waals surface area contributed by atoms with Crippen molar-refractivity contribution >= 4 is 0 Å². The van der Waals surface area contributed by atoms with E-state index >= 15 is 0 Å². The molecule has 0 aliphatic carbocycles. The molecule has 0 atom stereocenters. The highest BCUT2D eigenvalue weighted by Crippen LogP contribution is 2.14. The summed E-state index contributed by atoms with van der Waals surface area (Å²) in [6, 6.07) is 0. The Morgan fingerprint density at radius 3 is 2.50 bits per heavy atom. The zero-order valence-corrected chi connectivity index (χ0v) is 6.45. The number of halogens is 3. The SMILES string of the molecule is C#CCCNCCOC(F)(F)F. The van der Waals surface area contributed by atoms with E-state index in [0.29, 0.717) is 13.0 Å². The number of alkyl halides is 3. The van der Waals surface area contributed by atoms with E-state index < -0.39 is 6.36 Å². The zero-order valence-electron chi connectivity index (χ0n) is 6.45. The molecule has 0 aliphatic rings. The topological polar surface area (TPSA) is 21.3 Å². The van der Waals surface area contributed by atoms with Gasteiger partial charge < -0.3 is 5.32 Å². The summed E-state index contributed by atoms with van der Waals surface area (Å²) >= 11 is 0. The Morgan fingerprint density at radius 1 is 1.33 bits per heavy atom. The van der Waals surface area contributed by atoms with E-state index in [1.165, 1.54) is 0 Å². The molecule has 0 aromatic heterocycles. The minimum absolute atomic E-state index is 0.154. The fourth-order valence-corrected chi connectivity index (χ4v) is 0.524. The fourth-order valence-electron chi connectivity index (χ4n) is 0.524. The molecule has 0 fully saturated rings. The van der Waals surface area contributed by atoms with Crippen LogP contribution < -0.4 is 5.32 Å². The zero-order chi connectivity index (χ0) is 9.45. The van der Waals surface area contributed by atoms with Gasteiger partial charge in [-0.15, -0.1) is 25.5 Å². The molecule has 0 saturated heterocycles. The van der Waals surface area contributed by atoms with Crippen LogP contribution in [0.4, 0.5) is 13.2 Å². The van der Waals surface area contributed by atoms with Gasteiger partial charge in [-0.05, 0) is 0 Å². The van der Waals surface area contributed by atoms with E-state index in [0.717, 1.165) is 0 Å². The molecule has 70 valence electrons. The number of hydrogen-bond donors (Lipinski definition) is 1. The number of terminal acetylenes is 1. The highest BCUT2D eigenvalue weighted by molar-refractivity contribution is 4.83. The van der Waals surface area contributed by atoms with Crippen molar-refractivity contribution in [3.05, 3.63) is 0 Å². The smallest absolute Gasteiger partial charge is 0.313 e. The van der Waals surface area contributed by atoms with Gasteiger partial charge in [-0.1, -0.05) is 0 Å². The predicted octanol–water partition coefficient (Wildman–Crippen LogP) is 1.14. The van der Waals surface area contributed by atoms with E-state index in [1.54, 1.807) is 0 Å². The van der Waals surface area contributed by atoms with Gasteiger partial charge in [0.2, 0.25) is 0 Å². The van der Waals surface area contributed by atoms with Crippen molar-refractivity contribution in [3.63, 3.8) is 0 Å². The van der Waals surface area contributed by atoms with Crippen LogP contribution in [0.1, 0.15) is 6.42 Å². The highest BCUT2D eigenvalue weighted by atomic mass is 19.4. The molecule has 0 aromatic carbocycles. The second kappa shape index (κ2) is 5.86. The van der Waals surface area contributed by atoms with Gasteiger partial charge in [-0.2, -0.15) is 0 Å². The van der Waals surface area contributed by atoms with E-state index in [-0.39, 0.29) is 13.2 Å². The number of ether oxygens (including phenoxy) is 1. The minimum Gasteiger partial charge on any atom is -0.313 e. The van der Waals surface area contributed by atoms with E-state index in [9.17, 15) is 13.2 Å². The lowest BCUT2D eigenvalue weighted by atomic mass is 10.4. The van der Waals surface area contributed by atoms with Gasteiger partial charge in [0, 0.05) is 19.5 Å². The Labute approximate surface area is 69.1 Å². The molecule has 0 aliphatic heterocycles. The van der Waals surface area contributed by atoms with Crippen LogP contribution in [0.2, 0.25) is 0 Å². The summed E-state index contributed by atoms with van der Waals surface area (Å²) in [7, 11) is 0. The average Bonchev–Trinajstić information content (AvgIpc) is 1.94. The van der Waals surface area contributed by atoms with Gasteiger partial charge in [0.25, 0.3) is 0 Å². The van der Waals surface area contributed by atoms with Gasteiger partial charge in [0.05, 0.1) is 6.61 Å². The fraction of sp³-hybridized carbons (Fsp3) is 0.714. The number of hydrogen-bond acceptors (Lipinski definition) is 2. The first kappa shape index (κ1) is 11.3. The van der Waals surface area contributed by atoms with Crippen molar-refractivity contribution in [2.24, 2.45) is 0 Å². The molecule has 12 heavy (non-hydrogen) atoms. The summed E-state index contributed by atoms with van der Waals surface area (Å²) < 4.78 is 37.5. The lowest BCUT2D eigenvalue weighted by molar-refractivity contribution is -0.323. The lowest BCUT2D eigenvalue weighted by Crippen LogP contribution is -2.24. The van der Waals surface area contributed by atoms with E-state index in [4.69, 9.17) is 6.42 Å². The first-order chi connectivity index (χ1) is 5.56. The molecule has 0 unspecified atom stereocenters. The summed E-state index contributed by atoms with van der Waals surface area (Å²) in [6.45, 7) is 0.285. The number of nitrogens with one attached hydrogen (secondary N) is 1. The molecule has 2 nitrogen and oxygen atoms in total. The van der Waals surface area contributed by atoms with Crippen LogP contribution in [0.5, 0.6) is 0 Å². The van der Waals surface area contributed by atoms with Crippen LogP contribution >= 0.6 is 0 Å². The molecule has 0 rings (SSSR count). The van der Waals surface area contributed by atoms with Crippen LogP contribution in [0, 0.1) is 12.3 Å². The summed E-state index contributed by atoms with van der Waals surface area (Å²) in [4.78, 5) is 0. The van der Waals surface area contributed by atoms with Crippen molar-refractivity contribution in [1.29, 1.82) is 0 Å². The van der Waals surface area contributed by atoms with Crippen molar-refractivity contribution in [1.82, 2.24) is 5.32 Å². The van der Waals surface area contributed by atoms with E-state index in [1.807, 2.05) is 0 Å². The molecule has 1 N–H and O–H groups in total. The third kappa shape index (κ3) is 9.27. The molecule has 0 spiro atoms. The quantitative estimate of drug-likeness (QED) is 0.507. The Balaban J connectivity index is 3.07. The first-order valence-electron chi connectivity index (χ1n) is 3.41. The maximum absolute atomic E-state index is 11.3. The maximum atomic E-state index is 11.3. The minimum atomic E-state index is -4.53. The number of rotatable bonds is 5. The first-order valence-corrected chi connectivity index (χ1v) is 3.41. The molecule has 0 radical (unpaired) electrons. The molecule has 5 heteroatoms. The van der Waals surface area contributed by atoms with Crippen molar-refractivity contribution < 1.29 is 17.9 Å². The Kier molecular flexibility index (Phi) is 5.51. The summed E-state index contributed by atoms with van der Waals surface area (Å²) in [5.41, 5.74) is 0. The summed E-state index contributed by atoms with van der Waals surface area (Å²) in [6.07, 6.45) is 0.883. The third-order valence-corrected chi connectivity index (χ3v) is 0.991. The second-order valence-electron chi connectivity index (χ2n) is 2.00. The van der Waals surface area contributed by atoms with E-state index in [2.05, 4.69) is 16.0 Å². The Bertz CT molecular complexity index is 150. The molecular weight excluding hydrogens is 171 g/mol. The highest BCUT2D eigenvalue weighted by Gasteiger charge is 2.28. The van der Waals surface area contributed by atoms with Crippen LogP contribution in [-0.2, 0) is 4.74 Å². The van der Waals surface area contributed by atoms with Gasteiger partial charge >= 0.3 is 6.36 Å². The van der Waals surface area contributed by atoms with Crippen LogP contribution in [0.15, 0.2) is 0 Å². The molecule has 0 aromatic rings. The van der Waals surface area contributed by atoms with Gasteiger partial charge in [-0.25, -0.2) is 0 Å². The van der Waals surface area contributed by atoms with Gasteiger partial charge in [0.15, 0.2) is 0 Å². The van der Waals surface area contributed by atoms with Gasteiger partial charge in [0.1, 0.15) is 0 Å². The second-order valence-corrected chi connectivity index (χ2v) is 2.00. The average molecular weight is 181 g/mol. The largest absolute Gasteiger partial charge is 0.522 e. The molecule has 0 heterocycles. The van der Waals surface area contributed by atoms with Crippen LogP contribution in [0.3, 0.4) is 0 Å². The van der Waals surface area contributed by atoms with Crippen molar-refractivity contribution in [3.8, 4) is 12.3 Å². The maximum Gasteiger partial charge on any atom is 0.522 e. The van der Waals surface area contributed by atoms with Crippen LogP contribution in [-0.4, -0.2) is 26.1 Å². The van der Waals surface area contributed by atoms with Crippen molar-refractivity contribution in [2.75, 3.05) is 19.7 Å². The molecule has 0 bridgehead atoms. The Morgan fingerprint density at radius 2 is 2.00 bits per heavy atom. The normalized spacial score (nSPS) is 11.2. The predicted molar refractivity (Wildman–Crippen MR) is 38.3 cm³/mol. The van der Waals surface area contributed by atoms with Gasteiger partial charge in [-0.3, -0.25) is 4.74 Å². The summed E-state index contributed by atoms with van der Waals surface area (Å²) in [5.74, 6) is 2.35. The Hall–Kier alpha value is -0.730. The molecular formula is C7H10F3NO. The monoisotopic (exact) mass is 181 g/mol. The molecule has 0 saturated carbocycles. The lowest BCUT2D eigenvalue weighted by Gasteiger charge is -2.06. The summed E-state index contributed by atoms with van der Waals surface area (Å²) in [5, 5.41) is 2.69. The van der Waals surface area contributed by atoms with Crippen molar-refractivity contribution in [2.45, 2.75) is 12.8 Å². The molecule has 0 amide bonds. The third-order valence-electron chi connectivity index (χ3n) is 0.991.